The van der Waals surface area contributed by atoms with E-state index in [1.807, 2.05) is 0 Å². The van der Waals surface area contributed by atoms with Gasteiger partial charge in [0, 0.05) is 10.6 Å². The van der Waals surface area contributed by atoms with Crippen molar-refractivity contribution < 1.29 is 0 Å². The van der Waals surface area contributed by atoms with E-state index in [1.54, 1.807) is 0 Å². The van der Waals surface area contributed by atoms with Crippen molar-refractivity contribution in [2.75, 3.05) is 0 Å². The maximum Gasteiger partial charge on any atom is 0.0661 e. The molecule has 0 bridgehead atoms. The fourth-order valence-corrected chi connectivity index (χ4v) is 7.60. The zero-order valence-corrected chi connectivity index (χ0v) is 13.8. The molecule has 1 rings (SSSR count). The van der Waals surface area contributed by atoms with Gasteiger partial charge < -0.3 is 0 Å². The Balaban J connectivity index is 3.09. The van der Waals surface area contributed by atoms with E-state index in [9.17, 15) is 0 Å². The Morgan fingerprint density at radius 2 is 1.08 bits per heavy atom. The quantitative estimate of drug-likeness (QED) is 0.540. The molecule has 0 nitrogen and oxygen atoms in total. The average molecular weight is 458 g/mol. The Bertz CT molecular complexity index is 236. The summed E-state index contributed by atoms with van der Waals surface area (Å²) in [6.07, 6.45) is 0. The smallest absolute Gasteiger partial charge is 0.0615 e. The lowest BCUT2D eigenvalue weighted by molar-refractivity contribution is 1.83. The second kappa shape index (κ2) is 5.78. The van der Waals surface area contributed by atoms with Gasteiger partial charge in [0.2, 0.25) is 0 Å². The first-order valence-corrected chi connectivity index (χ1v) is 13.7. The molecule has 0 aliphatic carbocycles. The summed E-state index contributed by atoms with van der Waals surface area (Å²) in [7, 11) is 0. The van der Waals surface area contributed by atoms with Crippen LogP contribution < -0.4 is 10.6 Å². The highest BCUT2D eigenvalue weighted by atomic mass is 79.9. The second-order valence-electron chi connectivity index (χ2n) is 1.95. The molecule has 0 aromatic heterocycles. The van der Waals surface area contributed by atoms with Gasteiger partial charge in [0.25, 0.3) is 0 Å². The largest absolute Gasteiger partial charge is 0.0661 e. The van der Waals surface area contributed by atoms with Crippen LogP contribution in [0.25, 0.3) is 0 Å². The van der Waals surface area contributed by atoms with E-state index < -0.39 is 0 Å². The molecule has 0 heterocycles. The molecule has 0 atom stereocenters. The normalized spacial score (nSPS) is 11.2. The van der Waals surface area contributed by atoms with E-state index in [4.69, 9.17) is 0 Å². The molecule has 0 amide bonds. The molecule has 0 aliphatic heterocycles. The Morgan fingerprint density at radius 1 is 0.750 bits per heavy atom. The molecule has 0 fully saturated rings. The Morgan fingerprint density at radius 3 is 1.33 bits per heavy atom. The van der Waals surface area contributed by atoms with Crippen LogP contribution in [0.3, 0.4) is 0 Å². The SMILES string of the molecule is BrP(Br)c1ccccc1P(Br)Br. The highest BCUT2D eigenvalue weighted by Gasteiger charge is 2.12. The summed E-state index contributed by atoms with van der Waals surface area (Å²) in [4.78, 5) is 0. The van der Waals surface area contributed by atoms with Crippen LogP contribution >= 0.6 is 72.6 Å². The van der Waals surface area contributed by atoms with Gasteiger partial charge in [-0.05, 0) is 62.0 Å². The van der Waals surface area contributed by atoms with Crippen molar-refractivity contribution in [3.8, 4) is 0 Å². The number of hydrogen-bond acceptors (Lipinski definition) is 0. The summed E-state index contributed by atoms with van der Waals surface area (Å²) in [6.45, 7) is 0. The molecule has 66 valence electrons. The fourth-order valence-electron chi connectivity index (χ4n) is 0.750. The molecule has 1 aromatic rings. The predicted molar refractivity (Wildman–Crippen MR) is 75.3 cm³/mol. The van der Waals surface area contributed by atoms with Gasteiger partial charge in [-0.3, -0.25) is 0 Å². The summed E-state index contributed by atoms with van der Waals surface area (Å²) in [5.41, 5.74) is 0. The topological polar surface area (TPSA) is 0 Å². The number of halogens is 4. The Hall–Kier alpha value is 2.00. The Labute approximate surface area is 106 Å². The molecule has 0 saturated heterocycles. The van der Waals surface area contributed by atoms with Crippen LogP contribution in [0.5, 0.6) is 0 Å². The Kier molecular flexibility index (Phi) is 5.81. The maximum absolute atomic E-state index is 3.55. The minimum atomic E-state index is -0.368. The van der Waals surface area contributed by atoms with E-state index in [2.05, 4.69) is 86.2 Å². The maximum atomic E-state index is 3.55. The second-order valence-corrected chi connectivity index (χ2v) is 18.1. The summed E-state index contributed by atoms with van der Waals surface area (Å²) in [6, 6.07) is 8.36. The van der Waals surface area contributed by atoms with Crippen LogP contribution in [0.1, 0.15) is 0 Å². The summed E-state index contributed by atoms with van der Waals surface area (Å²) < 4.78 is 0. The van der Waals surface area contributed by atoms with Gasteiger partial charge in [0.15, 0.2) is 0 Å². The van der Waals surface area contributed by atoms with Crippen LogP contribution in [-0.4, -0.2) is 0 Å². The standard InChI is InChI=1S/C6H4Br4P2/c7-11(8)5-3-1-2-4-6(5)12(9)10/h1-4H. The molecule has 0 saturated carbocycles. The first-order chi connectivity index (χ1) is 5.63. The van der Waals surface area contributed by atoms with Gasteiger partial charge >= 0.3 is 0 Å². The van der Waals surface area contributed by atoms with E-state index in [1.165, 1.54) is 10.6 Å². The molecule has 0 spiro atoms. The molecule has 0 radical (unpaired) electrons. The number of hydrogen-bond donors (Lipinski definition) is 0. The lowest BCUT2D eigenvalue weighted by Crippen LogP contribution is -2.15. The fraction of sp³-hybridized carbons (Fsp3) is 0. The van der Waals surface area contributed by atoms with Crippen LogP contribution in [0.2, 0.25) is 0 Å². The first kappa shape index (κ1) is 12.1. The molecular formula is C6H4Br4P2. The van der Waals surface area contributed by atoms with Crippen molar-refractivity contribution in [2.45, 2.75) is 0 Å². The molecule has 12 heavy (non-hydrogen) atoms. The van der Waals surface area contributed by atoms with E-state index in [0.29, 0.717) is 0 Å². The van der Waals surface area contributed by atoms with Gasteiger partial charge in [0.1, 0.15) is 0 Å². The third-order valence-corrected chi connectivity index (χ3v) is 7.52. The highest BCUT2D eigenvalue weighted by Crippen LogP contribution is 2.56. The minimum Gasteiger partial charge on any atom is -0.0615 e. The van der Waals surface area contributed by atoms with Crippen molar-refractivity contribution in [2.24, 2.45) is 0 Å². The number of benzene rings is 1. The van der Waals surface area contributed by atoms with Gasteiger partial charge in [-0.15, -0.1) is 0 Å². The van der Waals surface area contributed by atoms with Crippen LogP contribution in [0.15, 0.2) is 24.3 Å². The molecule has 1 aromatic carbocycles. The lowest BCUT2D eigenvalue weighted by Gasteiger charge is -2.10. The zero-order valence-electron chi connectivity index (χ0n) is 5.72. The zero-order chi connectivity index (χ0) is 9.14. The average Bonchev–Trinajstić information content (AvgIpc) is 2.04. The van der Waals surface area contributed by atoms with Crippen LogP contribution in [-0.2, 0) is 0 Å². The molecule has 0 unspecified atom stereocenters. The van der Waals surface area contributed by atoms with Crippen LogP contribution in [0.4, 0.5) is 0 Å². The molecule has 0 aliphatic rings. The highest BCUT2D eigenvalue weighted by molar-refractivity contribution is 9.71. The van der Waals surface area contributed by atoms with Crippen molar-refractivity contribution in [3.63, 3.8) is 0 Å². The van der Waals surface area contributed by atoms with Gasteiger partial charge in [-0.2, -0.15) is 0 Å². The summed E-state index contributed by atoms with van der Waals surface area (Å²) in [5, 5.41) is 1.92. The van der Waals surface area contributed by atoms with E-state index in [-0.39, 0.29) is 10.7 Å². The van der Waals surface area contributed by atoms with Gasteiger partial charge in [0.05, 0.1) is 10.7 Å². The van der Waals surface area contributed by atoms with Crippen molar-refractivity contribution in [3.05, 3.63) is 24.3 Å². The summed E-state index contributed by atoms with van der Waals surface area (Å²) >= 11 is 14.2. The van der Waals surface area contributed by atoms with E-state index >= 15 is 0 Å². The summed E-state index contributed by atoms with van der Waals surface area (Å²) in [5.74, 6) is 0. The van der Waals surface area contributed by atoms with Crippen molar-refractivity contribution in [1.82, 2.24) is 0 Å². The monoisotopic (exact) mass is 454 g/mol. The third kappa shape index (κ3) is 3.29. The minimum absolute atomic E-state index is 0.368. The lowest BCUT2D eigenvalue weighted by atomic mass is 10.4. The molecular weight excluding hydrogens is 454 g/mol. The molecule has 0 N–H and O–H groups in total. The van der Waals surface area contributed by atoms with Gasteiger partial charge in [-0.1, -0.05) is 24.3 Å². The van der Waals surface area contributed by atoms with Crippen molar-refractivity contribution >= 4 is 83.2 Å². The number of rotatable bonds is 2. The molecule has 6 heteroatoms. The van der Waals surface area contributed by atoms with Gasteiger partial charge in [-0.25, -0.2) is 0 Å². The predicted octanol–water partition coefficient (Wildman–Crippen LogP) is 5.14. The van der Waals surface area contributed by atoms with Crippen LogP contribution in [0, 0.1) is 0 Å². The van der Waals surface area contributed by atoms with Crippen molar-refractivity contribution in [1.29, 1.82) is 0 Å². The van der Waals surface area contributed by atoms with E-state index in [0.717, 1.165) is 0 Å². The third-order valence-electron chi connectivity index (χ3n) is 1.25. The first-order valence-electron chi connectivity index (χ1n) is 2.95.